The van der Waals surface area contributed by atoms with Gasteiger partial charge in [-0.1, -0.05) is 125 Å². The average molecular weight is 797 g/mol. The molecule has 0 saturated carbocycles. The van der Waals surface area contributed by atoms with E-state index in [9.17, 15) is 0 Å². The molecule has 0 bridgehead atoms. The lowest BCUT2D eigenvalue weighted by atomic mass is 9.85. The second kappa shape index (κ2) is 19.4. The van der Waals surface area contributed by atoms with Gasteiger partial charge >= 0.3 is 0 Å². The van der Waals surface area contributed by atoms with Gasteiger partial charge in [-0.3, -0.25) is 0 Å². The topological polar surface area (TPSA) is 36.9 Å². The molecule has 0 aromatic heterocycles. The van der Waals surface area contributed by atoms with Crippen molar-refractivity contribution in [2.75, 3.05) is 0 Å². The molecule has 0 amide bonds. The van der Waals surface area contributed by atoms with E-state index < -0.39 is 0 Å². The van der Waals surface area contributed by atoms with Crippen LogP contribution >= 0.6 is 0 Å². The zero-order valence-electron chi connectivity index (χ0n) is 36.6. The summed E-state index contributed by atoms with van der Waals surface area (Å²) in [6.07, 6.45) is 4.22. The molecule has 4 heteroatoms. The molecule has 7 aromatic carbocycles. The van der Waals surface area contributed by atoms with Crippen LogP contribution in [-0.2, 0) is 0 Å². The molecule has 0 saturated heterocycles. The van der Waals surface area contributed by atoms with Gasteiger partial charge in [-0.2, -0.15) is 0 Å². The first kappa shape index (κ1) is 42.1. The summed E-state index contributed by atoms with van der Waals surface area (Å²) in [6.45, 7) is 17.1. The summed E-state index contributed by atoms with van der Waals surface area (Å²) in [6, 6.07) is 52.3. The van der Waals surface area contributed by atoms with Gasteiger partial charge in [-0.25, -0.2) is 0 Å². The van der Waals surface area contributed by atoms with Gasteiger partial charge in [-0.15, -0.1) is 0 Å². The molecule has 0 spiro atoms. The first-order valence-electron chi connectivity index (χ1n) is 22.0. The van der Waals surface area contributed by atoms with Gasteiger partial charge in [-0.05, 0) is 167 Å². The monoisotopic (exact) mass is 796 g/mol. The Morgan fingerprint density at radius 3 is 0.750 bits per heavy atom. The zero-order valence-corrected chi connectivity index (χ0v) is 36.6. The van der Waals surface area contributed by atoms with E-state index in [4.69, 9.17) is 18.9 Å². The van der Waals surface area contributed by atoms with Crippen molar-refractivity contribution in [3.8, 4) is 23.0 Å². The third-order valence-electron chi connectivity index (χ3n) is 11.7. The van der Waals surface area contributed by atoms with E-state index >= 15 is 0 Å². The van der Waals surface area contributed by atoms with Crippen LogP contribution in [-0.4, -0.2) is 24.4 Å². The highest BCUT2D eigenvalue weighted by Gasteiger charge is 2.19. The fourth-order valence-corrected chi connectivity index (χ4v) is 7.63. The molecular formula is C56H60O4. The Morgan fingerprint density at radius 1 is 0.317 bits per heavy atom. The van der Waals surface area contributed by atoms with Crippen molar-refractivity contribution in [1.29, 1.82) is 0 Å². The zero-order chi connectivity index (χ0) is 42.2. The number of rotatable bonds is 16. The Morgan fingerprint density at radius 2 is 0.533 bits per heavy atom. The third kappa shape index (κ3) is 9.39. The van der Waals surface area contributed by atoms with Crippen LogP contribution in [0, 0.1) is 0 Å². The van der Waals surface area contributed by atoms with E-state index in [2.05, 4.69) is 201 Å². The van der Waals surface area contributed by atoms with Crippen molar-refractivity contribution < 1.29 is 18.9 Å². The highest BCUT2D eigenvalue weighted by molar-refractivity contribution is 6.10. The molecule has 0 unspecified atom stereocenters. The van der Waals surface area contributed by atoms with Crippen LogP contribution in [0.15, 0.2) is 146 Å². The summed E-state index contributed by atoms with van der Waals surface area (Å²) in [4.78, 5) is 0. The van der Waals surface area contributed by atoms with Gasteiger partial charge in [0.1, 0.15) is 23.0 Å². The highest BCUT2D eigenvalue weighted by Crippen LogP contribution is 2.32. The molecule has 7 aromatic rings. The van der Waals surface area contributed by atoms with Gasteiger partial charge in [0, 0.05) is 0 Å². The fraction of sp³-hybridized carbons (Fsp3) is 0.286. The van der Waals surface area contributed by atoms with Gasteiger partial charge in [0.15, 0.2) is 0 Å². The van der Waals surface area contributed by atoms with Crippen molar-refractivity contribution in [3.63, 3.8) is 0 Å². The predicted octanol–water partition coefficient (Wildman–Crippen LogP) is 13.2. The van der Waals surface area contributed by atoms with Crippen LogP contribution in [0.1, 0.15) is 103 Å². The second-order valence-electron chi connectivity index (χ2n) is 16.0. The quantitative estimate of drug-likeness (QED) is 0.0913. The fourth-order valence-electron chi connectivity index (χ4n) is 7.63. The average Bonchev–Trinajstić information content (AvgIpc) is 3.29. The largest absolute Gasteiger partial charge is 0.491 e. The Hall–Kier alpha value is -6.00. The van der Waals surface area contributed by atoms with Crippen LogP contribution in [0.4, 0.5) is 0 Å². The summed E-state index contributed by atoms with van der Waals surface area (Å²) in [7, 11) is 0. The Kier molecular flexibility index (Phi) is 13.6. The van der Waals surface area contributed by atoms with Crippen molar-refractivity contribution in [3.05, 3.63) is 178 Å². The SMILES string of the molecule is CC[C@@H](C)Oc1ccc(C(c2ccc(O[C@H](C)CC)cc2)=c2c(=C(c3ccc(O[C@H](C)CC)cc3)c3ccc(O[C@H](C)CC)cc3)c3ccccc3c3ccccc23)cc1. The third-order valence-corrected chi connectivity index (χ3v) is 11.7. The summed E-state index contributed by atoms with van der Waals surface area (Å²) in [5.41, 5.74) is 6.64. The van der Waals surface area contributed by atoms with E-state index in [0.29, 0.717) is 0 Å². The minimum atomic E-state index is 0.120. The van der Waals surface area contributed by atoms with Gasteiger partial charge in [0.05, 0.1) is 24.4 Å². The molecule has 0 heterocycles. The van der Waals surface area contributed by atoms with Crippen molar-refractivity contribution in [2.45, 2.75) is 105 Å². The summed E-state index contributed by atoms with van der Waals surface area (Å²) >= 11 is 0. The predicted molar refractivity (Wildman–Crippen MR) is 251 cm³/mol. The van der Waals surface area contributed by atoms with E-state index in [1.165, 1.54) is 21.5 Å². The number of fused-ring (bicyclic) bond motifs is 3. The summed E-state index contributed by atoms with van der Waals surface area (Å²) in [5.74, 6) is 3.44. The maximum absolute atomic E-state index is 6.31. The van der Waals surface area contributed by atoms with Crippen molar-refractivity contribution >= 4 is 32.7 Å². The van der Waals surface area contributed by atoms with Crippen LogP contribution < -0.4 is 29.4 Å². The van der Waals surface area contributed by atoms with Crippen LogP contribution in [0.3, 0.4) is 0 Å². The molecule has 0 N–H and O–H groups in total. The maximum atomic E-state index is 6.31. The lowest BCUT2D eigenvalue weighted by Crippen LogP contribution is -2.33. The summed E-state index contributed by atoms with van der Waals surface area (Å²) in [5, 5.41) is 7.06. The Balaban J connectivity index is 1.67. The maximum Gasteiger partial charge on any atom is 0.119 e. The van der Waals surface area contributed by atoms with Gasteiger partial charge < -0.3 is 18.9 Å². The first-order valence-corrected chi connectivity index (χ1v) is 22.0. The van der Waals surface area contributed by atoms with E-state index in [0.717, 1.165) is 92.5 Å². The molecule has 0 aliphatic carbocycles. The normalized spacial score (nSPS) is 13.3. The molecule has 4 atom stereocenters. The highest BCUT2D eigenvalue weighted by atomic mass is 16.5. The van der Waals surface area contributed by atoms with Crippen molar-refractivity contribution in [2.24, 2.45) is 0 Å². The lowest BCUT2D eigenvalue weighted by molar-refractivity contribution is 0.217. The van der Waals surface area contributed by atoms with Gasteiger partial charge in [0.2, 0.25) is 0 Å². The molecule has 0 fully saturated rings. The Labute approximate surface area is 357 Å². The van der Waals surface area contributed by atoms with E-state index in [-0.39, 0.29) is 24.4 Å². The number of hydrogen-bond acceptors (Lipinski definition) is 4. The molecule has 7 rings (SSSR count). The molecule has 308 valence electrons. The van der Waals surface area contributed by atoms with E-state index in [1.54, 1.807) is 0 Å². The van der Waals surface area contributed by atoms with Crippen LogP contribution in [0.5, 0.6) is 23.0 Å². The van der Waals surface area contributed by atoms with Crippen LogP contribution in [0.25, 0.3) is 32.7 Å². The Bertz CT molecular complexity index is 2320. The summed E-state index contributed by atoms with van der Waals surface area (Å²) < 4.78 is 25.2. The number of ether oxygens (including phenoxy) is 4. The van der Waals surface area contributed by atoms with E-state index in [1.807, 2.05) is 0 Å². The molecule has 0 radical (unpaired) electrons. The number of benzene rings is 7. The lowest BCUT2D eigenvalue weighted by Gasteiger charge is -2.19. The molecule has 0 aliphatic rings. The minimum Gasteiger partial charge on any atom is -0.491 e. The van der Waals surface area contributed by atoms with Crippen molar-refractivity contribution in [1.82, 2.24) is 0 Å². The minimum absolute atomic E-state index is 0.120. The van der Waals surface area contributed by atoms with Gasteiger partial charge in [0.25, 0.3) is 0 Å². The molecule has 4 nitrogen and oxygen atoms in total. The number of hydrogen-bond donors (Lipinski definition) is 0. The smallest absolute Gasteiger partial charge is 0.119 e. The molecular weight excluding hydrogens is 737 g/mol. The first-order chi connectivity index (χ1) is 29.2. The standard InChI is InChI=1S/C56H60O4/c1-9-37(5)57-45-29-21-41(22-30-45)53(42-23-31-46(32-24-42)58-38(6)10-2)55-51-19-15-13-17-49(51)50-18-14-16-20-52(50)56(55)54(43-25-33-47(34-26-43)59-39(7)11-3)44-27-35-48(36-28-44)60-40(8)12-4/h13-40H,9-12H2,1-8H3/t37-,38-,39-,40-/m1/s1. The molecule has 0 aliphatic heterocycles. The van der Waals surface area contributed by atoms with Crippen LogP contribution in [0.2, 0.25) is 0 Å². The second-order valence-corrected chi connectivity index (χ2v) is 16.0. The molecule has 60 heavy (non-hydrogen) atoms.